The van der Waals surface area contributed by atoms with Gasteiger partial charge < -0.3 is 15.1 Å². The SMILES string of the molecule is CCCCCCN(CCCCC[C@@H]1Cc2cc(O)ccc2[C@@H]2[C@@H]1[C@@H]1CC[C@H](O)[C@@]1(C)C[C@@H]2F)C(=O)CCC1CCCCC1. The van der Waals surface area contributed by atoms with Gasteiger partial charge in [0, 0.05) is 25.4 Å². The summed E-state index contributed by atoms with van der Waals surface area (Å²) < 4.78 is 16.1. The summed E-state index contributed by atoms with van der Waals surface area (Å²) in [5, 5.41) is 21.2. The van der Waals surface area contributed by atoms with Crippen LogP contribution >= 0.6 is 0 Å². The van der Waals surface area contributed by atoms with Crippen molar-refractivity contribution in [1.29, 1.82) is 0 Å². The van der Waals surface area contributed by atoms with Crippen LogP contribution in [0.25, 0.3) is 0 Å². The van der Waals surface area contributed by atoms with Crippen LogP contribution in [0.15, 0.2) is 18.2 Å². The minimum absolute atomic E-state index is 0.127. The van der Waals surface area contributed by atoms with E-state index in [0.29, 0.717) is 30.6 Å². The molecule has 0 aromatic heterocycles. The number of hydrogen-bond donors (Lipinski definition) is 2. The van der Waals surface area contributed by atoms with E-state index in [-0.39, 0.29) is 23.0 Å². The predicted octanol–water partition coefficient (Wildman–Crippen LogP) is 9.11. The molecular weight excluding hydrogens is 537 g/mol. The van der Waals surface area contributed by atoms with Gasteiger partial charge in [-0.25, -0.2) is 4.39 Å². The summed E-state index contributed by atoms with van der Waals surface area (Å²) in [7, 11) is 0. The van der Waals surface area contributed by atoms with E-state index in [2.05, 4.69) is 18.7 Å². The van der Waals surface area contributed by atoms with Gasteiger partial charge in [-0.2, -0.15) is 0 Å². The number of benzene rings is 1. The van der Waals surface area contributed by atoms with Gasteiger partial charge in [0.15, 0.2) is 0 Å². The molecule has 4 aliphatic carbocycles. The number of hydrogen-bond acceptors (Lipinski definition) is 3. The minimum atomic E-state index is -0.953. The second-order valence-corrected chi connectivity index (χ2v) is 15.2. The van der Waals surface area contributed by atoms with Gasteiger partial charge in [0.1, 0.15) is 11.9 Å². The number of nitrogens with zero attached hydrogens (tertiary/aromatic N) is 1. The van der Waals surface area contributed by atoms with Gasteiger partial charge in [-0.3, -0.25) is 4.79 Å². The molecule has 5 heteroatoms. The topological polar surface area (TPSA) is 60.8 Å². The number of phenolic OH excluding ortho intramolecular Hbond substituents is 1. The number of rotatable bonds is 14. The van der Waals surface area contributed by atoms with E-state index in [4.69, 9.17) is 0 Å². The van der Waals surface area contributed by atoms with Gasteiger partial charge in [-0.1, -0.05) is 84.1 Å². The number of phenols is 1. The molecule has 5 rings (SSSR count). The Bertz CT molecular complexity index is 1040. The summed E-state index contributed by atoms with van der Waals surface area (Å²) in [4.78, 5) is 15.5. The number of aliphatic hydroxyl groups is 1. The van der Waals surface area contributed by atoms with E-state index in [1.807, 2.05) is 12.1 Å². The molecule has 7 atom stereocenters. The number of amides is 1. The standard InChI is InChI=1S/C38H60FNO3/c1-3-4-5-11-22-40(35(43)21-16-27-13-8-6-9-14-27)23-12-7-10-15-28-24-29-25-30(41)17-18-31(29)37-33(39)26-38(2)32(36(28)37)19-20-34(38)42/h17-18,25,27-28,32-34,36-37,41-42H,3-16,19-24,26H2,1-2H3/t28-,32+,33+,34+,36+,37+,38+/m1/s1. The van der Waals surface area contributed by atoms with Crippen molar-refractivity contribution in [2.75, 3.05) is 13.1 Å². The highest BCUT2D eigenvalue weighted by molar-refractivity contribution is 5.76. The Morgan fingerprint density at radius 2 is 1.72 bits per heavy atom. The van der Waals surface area contributed by atoms with Gasteiger partial charge in [0.2, 0.25) is 5.91 Å². The van der Waals surface area contributed by atoms with Crippen molar-refractivity contribution < 1.29 is 19.4 Å². The van der Waals surface area contributed by atoms with Crippen LogP contribution in [0.5, 0.6) is 5.75 Å². The van der Waals surface area contributed by atoms with Crippen LogP contribution in [-0.2, 0) is 11.2 Å². The molecule has 1 amide bonds. The Balaban J connectivity index is 1.18. The fourth-order valence-electron chi connectivity index (χ4n) is 9.97. The van der Waals surface area contributed by atoms with Crippen molar-refractivity contribution in [1.82, 2.24) is 4.90 Å². The van der Waals surface area contributed by atoms with E-state index in [1.165, 1.54) is 51.4 Å². The number of fused-ring (bicyclic) bond motifs is 5. The van der Waals surface area contributed by atoms with Crippen LogP contribution in [0.1, 0.15) is 146 Å². The van der Waals surface area contributed by atoms with Crippen molar-refractivity contribution in [2.24, 2.45) is 29.1 Å². The van der Waals surface area contributed by atoms with E-state index < -0.39 is 12.3 Å². The predicted molar refractivity (Wildman–Crippen MR) is 173 cm³/mol. The van der Waals surface area contributed by atoms with Gasteiger partial charge in [-0.05, 0) is 104 Å². The van der Waals surface area contributed by atoms with Gasteiger partial charge in [-0.15, -0.1) is 0 Å². The first kappa shape index (κ1) is 32.8. The van der Waals surface area contributed by atoms with Crippen LogP contribution in [0, 0.1) is 29.1 Å². The van der Waals surface area contributed by atoms with Gasteiger partial charge >= 0.3 is 0 Å². The summed E-state index contributed by atoms with van der Waals surface area (Å²) in [6, 6.07) is 5.57. The lowest BCUT2D eigenvalue weighted by atomic mass is 9.51. The Morgan fingerprint density at radius 1 is 0.977 bits per heavy atom. The fraction of sp³-hybridized carbons (Fsp3) is 0.816. The van der Waals surface area contributed by atoms with E-state index in [1.54, 1.807) is 6.07 Å². The lowest BCUT2D eigenvalue weighted by molar-refractivity contribution is -0.131. The molecule has 0 saturated heterocycles. The Labute approximate surface area is 261 Å². The molecule has 2 N–H and O–H groups in total. The fourth-order valence-corrected chi connectivity index (χ4v) is 9.97. The van der Waals surface area contributed by atoms with Crippen molar-refractivity contribution in [3.8, 4) is 5.75 Å². The molecule has 1 aromatic rings. The molecular formula is C38H60FNO3. The number of halogens is 1. The average Bonchev–Trinajstić information content (AvgIpc) is 3.29. The first-order valence-corrected chi connectivity index (χ1v) is 18.2. The highest BCUT2D eigenvalue weighted by atomic mass is 19.1. The van der Waals surface area contributed by atoms with E-state index in [0.717, 1.165) is 87.9 Å². The lowest BCUT2D eigenvalue weighted by Gasteiger charge is -2.54. The maximum absolute atomic E-state index is 16.1. The third-order valence-corrected chi connectivity index (χ3v) is 12.4. The number of carbonyl (C=O) groups is 1. The van der Waals surface area contributed by atoms with E-state index in [9.17, 15) is 15.0 Å². The third kappa shape index (κ3) is 7.61. The number of aromatic hydroxyl groups is 1. The first-order chi connectivity index (χ1) is 20.8. The number of aliphatic hydroxyl groups excluding tert-OH is 1. The molecule has 4 nitrogen and oxygen atoms in total. The summed E-state index contributed by atoms with van der Waals surface area (Å²) in [6.07, 6.45) is 19.2. The molecule has 0 spiro atoms. The van der Waals surface area contributed by atoms with Crippen LogP contribution in [0.2, 0.25) is 0 Å². The molecule has 3 fully saturated rings. The maximum Gasteiger partial charge on any atom is 0.222 e. The molecule has 0 radical (unpaired) electrons. The molecule has 1 aromatic carbocycles. The van der Waals surface area contributed by atoms with E-state index >= 15 is 4.39 Å². The number of alkyl halides is 1. The third-order valence-electron chi connectivity index (χ3n) is 12.4. The van der Waals surface area contributed by atoms with Crippen LogP contribution in [-0.4, -0.2) is 46.4 Å². The molecule has 4 aliphatic rings. The normalized spacial score (nSPS) is 32.2. The second-order valence-electron chi connectivity index (χ2n) is 15.2. The molecule has 43 heavy (non-hydrogen) atoms. The summed E-state index contributed by atoms with van der Waals surface area (Å²) in [5.41, 5.74) is 1.89. The summed E-state index contributed by atoms with van der Waals surface area (Å²) in [6.45, 7) is 6.14. The van der Waals surface area contributed by atoms with Gasteiger partial charge in [0.05, 0.1) is 6.10 Å². The first-order valence-electron chi connectivity index (χ1n) is 18.2. The second kappa shape index (κ2) is 15.1. The quantitative estimate of drug-likeness (QED) is 0.210. The highest BCUT2D eigenvalue weighted by Crippen LogP contribution is 2.63. The zero-order valence-electron chi connectivity index (χ0n) is 27.3. The Kier molecular flexibility index (Phi) is 11.5. The van der Waals surface area contributed by atoms with Crippen LogP contribution in [0.3, 0.4) is 0 Å². The van der Waals surface area contributed by atoms with Crippen LogP contribution < -0.4 is 0 Å². The molecule has 3 saturated carbocycles. The Hall–Kier alpha value is -1.62. The molecule has 242 valence electrons. The zero-order chi connectivity index (χ0) is 30.4. The minimum Gasteiger partial charge on any atom is -0.508 e. The maximum atomic E-state index is 16.1. The monoisotopic (exact) mass is 597 g/mol. The molecule has 0 bridgehead atoms. The van der Waals surface area contributed by atoms with Crippen molar-refractivity contribution >= 4 is 5.91 Å². The lowest BCUT2D eigenvalue weighted by Crippen LogP contribution is -2.51. The van der Waals surface area contributed by atoms with Crippen molar-refractivity contribution in [3.05, 3.63) is 29.3 Å². The van der Waals surface area contributed by atoms with Crippen LogP contribution in [0.4, 0.5) is 4.39 Å². The Morgan fingerprint density at radius 3 is 2.47 bits per heavy atom. The molecule has 0 aliphatic heterocycles. The van der Waals surface area contributed by atoms with Crippen molar-refractivity contribution in [2.45, 2.75) is 154 Å². The zero-order valence-corrected chi connectivity index (χ0v) is 27.3. The largest absolute Gasteiger partial charge is 0.508 e. The van der Waals surface area contributed by atoms with Gasteiger partial charge in [0.25, 0.3) is 0 Å². The number of carbonyl (C=O) groups excluding carboxylic acids is 1. The summed E-state index contributed by atoms with van der Waals surface area (Å²) >= 11 is 0. The molecule has 0 unspecified atom stereocenters. The average molecular weight is 598 g/mol. The summed E-state index contributed by atoms with van der Waals surface area (Å²) in [5.74, 6) is 2.23. The van der Waals surface area contributed by atoms with Crippen molar-refractivity contribution in [3.63, 3.8) is 0 Å². The smallest absolute Gasteiger partial charge is 0.222 e. The number of unbranched alkanes of at least 4 members (excludes halogenated alkanes) is 5. The highest BCUT2D eigenvalue weighted by Gasteiger charge is 2.59. The molecule has 0 heterocycles.